The highest BCUT2D eigenvalue weighted by molar-refractivity contribution is 7.99. The quantitative estimate of drug-likeness (QED) is 0.546. The zero-order valence-corrected chi connectivity index (χ0v) is 19.5. The zero-order chi connectivity index (χ0) is 21.7. The predicted molar refractivity (Wildman–Crippen MR) is 119 cm³/mol. The van der Waals surface area contributed by atoms with Gasteiger partial charge in [0.1, 0.15) is 5.82 Å². The number of hydrogen-bond donors (Lipinski definition) is 0. The molecule has 0 radical (unpaired) electrons. The molecule has 2 atom stereocenters. The molecule has 0 spiro atoms. The Morgan fingerprint density at radius 3 is 2.60 bits per heavy atom. The highest BCUT2D eigenvalue weighted by Crippen LogP contribution is 2.24. The lowest BCUT2D eigenvalue weighted by atomic mass is 10.1. The van der Waals surface area contributed by atoms with Gasteiger partial charge in [0.2, 0.25) is 5.91 Å². The molecule has 1 aromatic carbocycles. The van der Waals surface area contributed by atoms with Gasteiger partial charge in [-0.3, -0.25) is 4.79 Å². The van der Waals surface area contributed by atoms with Crippen molar-refractivity contribution in [1.82, 2.24) is 19.7 Å². The van der Waals surface area contributed by atoms with Gasteiger partial charge in [0.05, 0.1) is 17.3 Å². The lowest BCUT2D eigenvalue weighted by Crippen LogP contribution is -2.47. The first-order valence-corrected chi connectivity index (χ1v) is 13.3. The predicted octanol–water partition coefficient (Wildman–Crippen LogP) is 2.80. The second-order valence-electron chi connectivity index (χ2n) is 7.71. The van der Waals surface area contributed by atoms with E-state index >= 15 is 0 Å². The summed E-state index contributed by atoms with van der Waals surface area (Å²) in [7, 11) is -3.05. The molecule has 1 saturated heterocycles. The molecule has 164 valence electrons. The summed E-state index contributed by atoms with van der Waals surface area (Å²) in [6.45, 7) is 6.77. The lowest BCUT2D eigenvalue weighted by molar-refractivity contribution is -0.132. The van der Waals surface area contributed by atoms with Crippen molar-refractivity contribution >= 4 is 27.5 Å². The van der Waals surface area contributed by atoms with Gasteiger partial charge in [-0.2, -0.15) is 0 Å². The summed E-state index contributed by atoms with van der Waals surface area (Å²) in [4.78, 5) is 14.9. The van der Waals surface area contributed by atoms with Crippen molar-refractivity contribution in [3.8, 4) is 0 Å². The second kappa shape index (κ2) is 9.96. The number of thioether (sulfide) groups is 1. The maximum atomic E-state index is 13.1. The minimum atomic E-state index is -3.05. The highest BCUT2D eigenvalue weighted by Gasteiger charge is 2.36. The average molecular weight is 451 g/mol. The summed E-state index contributed by atoms with van der Waals surface area (Å²) >= 11 is 1.37. The van der Waals surface area contributed by atoms with E-state index in [0.717, 1.165) is 29.5 Å². The molecule has 7 nitrogen and oxygen atoms in total. The molecule has 1 amide bonds. The molecule has 3 rings (SSSR count). The molecule has 2 heterocycles. The summed E-state index contributed by atoms with van der Waals surface area (Å²) in [6, 6.07) is 9.89. The molecule has 0 N–H and O–H groups in total. The number of hydrogen-bond acceptors (Lipinski definition) is 6. The first-order chi connectivity index (χ1) is 14.3. The standard InChI is InChI=1S/C21H30N4O3S2/c1-4-16(3)25(18-11-12-30(27,28)15-18)20(26)14-29-21-23-22-19(24(21)5-2)13-17-9-7-6-8-10-17/h6-10,16,18H,4-5,11-15H2,1-3H3. The Labute approximate surface area is 183 Å². The molecule has 2 unspecified atom stereocenters. The number of sulfone groups is 1. The topological polar surface area (TPSA) is 85.2 Å². The maximum absolute atomic E-state index is 13.1. The van der Waals surface area contributed by atoms with Gasteiger partial charge in [0, 0.05) is 25.0 Å². The van der Waals surface area contributed by atoms with Crippen LogP contribution >= 0.6 is 11.8 Å². The van der Waals surface area contributed by atoms with Crippen LogP contribution in [0.5, 0.6) is 0 Å². The van der Waals surface area contributed by atoms with E-state index in [9.17, 15) is 13.2 Å². The molecule has 30 heavy (non-hydrogen) atoms. The normalized spacial score (nSPS) is 19.0. The summed E-state index contributed by atoms with van der Waals surface area (Å²) in [6.07, 6.45) is 2.00. The third-order valence-electron chi connectivity index (χ3n) is 5.59. The van der Waals surface area contributed by atoms with E-state index in [0.29, 0.717) is 12.8 Å². The van der Waals surface area contributed by atoms with Gasteiger partial charge < -0.3 is 9.47 Å². The van der Waals surface area contributed by atoms with Crippen LogP contribution in [0.25, 0.3) is 0 Å². The molecule has 9 heteroatoms. The number of carbonyl (C=O) groups excluding carboxylic acids is 1. The van der Waals surface area contributed by atoms with Crippen molar-refractivity contribution in [2.45, 2.75) is 63.8 Å². The number of amides is 1. The molecule has 1 aliphatic heterocycles. The second-order valence-corrected chi connectivity index (χ2v) is 10.9. The summed E-state index contributed by atoms with van der Waals surface area (Å²) < 4.78 is 25.9. The van der Waals surface area contributed by atoms with Crippen LogP contribution in [0.2, 0.25) is 0 Å². The first-order valence-electron chi connectivity index (χ1n) is 10.4. The molecule has 1 fully saturated rings. The van der Waals surface area contributed by atoms with E-state index in [1.165, 1.54) is 11.8 Å². The Hall–Kier alpha value is -1.87. The smallest absolute Gasteiger partial charge is 0.233 e. The van der Waals surface area contributed by atoms with Crippen LogP contribution in [0.15, 0.2) is 35.5 Å². The third kappa shape index (κ3) is 5.43. The Balaban J connectivity index is 1.69. The Kier molecular flexibility index (Phi) is 7.57. The van der Waals surface area contributed by atoms with Gasteiger partial charge >= 0.3 is 0 Å². The van der Waals surface area contributed by atoms with Crippen molar-refractivity contribution in [2.75, 3.05) is 17.3 Å². The van der Waals surface area contributed by atoms with Gasteiger partial charge in [0.15, 0.2) is 15.0 Å². The van der Waals surface area contributed by atoms with Crippen molar-refractivity contribution in [1.29, 1.82) is 0 Å². The number of aromatic nitrogens is 3. The minimum absolute atomic E-state index is 0.00841. The van der Waals surface area contributed by atoms with Crippen LogP contribution < -0.4 is 0 Å². The molecular formula is C21H30N4O3S2. The third-order valence-corrected chi connectivity index (χ3v) is 8.30. The Bertz CT molecular complexity index is 960. The van der Waals surface area contributed by atoms with Crippen molar-refractivity contribution < 1.29 is 13.2 Å². The minimum Gasteiger partial charge on any atom is -0.335 e. The maximum Gasteiger partial charge on any atom is 0.233 e. The highest BCUT2D eigenvalue weighted by atomic mass is 32.2. The van der Waals surface area contributed by atoms with E-state index < -0.39 is 9.84 Å². The first kappa shape index (κ1) is 22.8. The summed E-state index contributed by atoms with van der Waals surface area (Å²) in [5.74, 6) is 1.30. The van der Waals surface area contributed by atoms with Crippen LogP contribution in [0.1, 0.15) is 45.0 Å². The molecule has 2 aromatic rings. The summed E-state index contributed by atoms with van der Waals surface area (Å²) in [5.41, 5.74) is 1.16. The van der Waals surface area contributed by atoms with Gasteiger partial charge in [-0.05, 0) is 32.3 Å². The van der Waals surface area contributed by atoms with E-state index in [4.69, 9.17) is 0 Å². The fraction of sp³-hybridized carbons (Fsp3) is 0.571. The number of benzene rings is 1. The van der Waals surface area contributed by atoms with Gasteiger partial charge in [-0.25, -0.2) is 8.42 Å². The largest absolute Gasteiger partial charge is 0.335 e. The van der Waals surface area contributed by atoms with Crippen molar-refractivity contribution in [3.05, 3.63) is 41.7 Å². The molecule has 1 aliphatic rings. The Morgan fingerprint density at radius 1 is 1.27 bits per heavy atom. The van der Waals surface area contributed by atoms with Crippen LogP contribution in [0, 0.1) is 0 Å². The van der Waals surface area contributed by atoms with E-state index in [1.807, 2.05) is 43.5 Å². The van der Waals surface area contributed by atoms with Crippen molar-refractivity contribution in [2.24, 2.45) is 0 Å². The SMILES string of the molecule is CCC(C)N(C(=O)CSc1nnc(Cc2ccccc2)n1CC)C1CCS(=O)(=O)C1. The molecule has 1 aromatic heterocycles. The fourth-order valence-electron chi connectivity index (χ4n) is 3.85. The monoisotopic (exact) mass is 450 g/mol. The molecule has 0 saturated carbocycles. The number of carbonyl (C=O) groups is 1. The number of nitrogens with zero attached hydrogens (tertiary/aromatic N) is 4. The van der Waals surface area contributed by atoms with Crippen LogP contribution in [-0.2, 0) is 27.6 Å². The van der Waals surface area contributed by atoms with Crippen LogP contribution in [-0.4, -0.2) is 63.3 Å². The van der Waals surface area contributed by atoms with E-state index in [-0.39, 0.29) is 35.2 Å². The summed E-state index contributed by atoms with van der Waals surface area (Å²) in [5, 5.41) is 9.37. The van der Waals surface area contributed by atoms with Gasteiger partial charge in [-0.15, -0.1) is 10.2 Å². The lowest BCUT2D eigenvalue weighted by Gasteiger charge is -2.33. The van der Waals surface area contributed by atoms with Crippen LogP contribution in [0.4, 0.5) is 0 Å². The van der Waals surface area contributed by atoms with E-state index in [2.05, 4.69) is 22.3 Å². The van der Waals surface area contributed by atoms with Crippen molar-refractivity contribution in [3.63, 3.8) is 0 Å². The van der Waals surface area contributed by atoms with Gasteiger partial charge in [0.25, 0.3) is 0 Å². The zero-order valence-electron chi connectivity index (χ0n) is 17.8. The molecule has 0 aliphatic carbocycles. The molecule has 0 bridgehead atoms. The molecular weight excluding hydrogens is 420 g/mol. The van der Waals surface area contributed by atoms with Gasteiger partial charge in [-0.1, -0.05) is 49.0 Å². The average Bonchev–Trinajstić information content (AvgIpc) is 3.29. The van der Waals surface area contributed by atoms with Crippen LogP contribution in [0.3, 0.4) is 0 Å². The van der Waals surface area contributed by atoms with E-state index in [1.54, 1.807) is 4.90 Å². The fourth-order valence-corrected chi connectivity index (χ4v) is 6.46. The number of rotatable bonds is 9. The Morgan fingerprint density at radius 2 is 2.00 bits per heavy atom.